The highest BCUT2D eigenvalue weighted by atomic mass is 16.1. The number of ketones is 1. The number of hydrogen-bond acceptors (Lipinski definition) is 1. The van der Waals surface area contributed by atoms with Crippen LogP contribution in [-0.4, -0.2) is 5.78 Å². The molecule has 0 aromatic heterocycles. The lowest BCUT2D eigenvalue weighted by atomic mass is 9.67. The number of hydrogen-bond donors (Lipinski definition) is 0. The monoisotopic (exact) mass is 322 g/mol. The maximum absolute atomic E-state index is 11.7. The molecule has 0 bridgehead atoms. The molecule has 0 aliphatic heterocycles. The van der Waals surface area contributed by atoms with E-state index in [2.05, 4.69) is 20.8 Å². The van der Waals surface area contributed by atoms with Gasteiger partial charge in [0.25, 0.3) is 0 Å². The first-order valence-electron chi connectivity index (χ1n) is 10.6. The van der Waals surface area contributed by atoms with E-state index in [1.807, 2.05) is 0 Å². The van der Waals surface area contributed by atoms with E-state index in [0.717, 1.165) is 19.3 Å². The van der Waals surface area contributed by atoms with Gasteiger partial charge in [0.15, 0.2) is 0 Å². The summed E-state index contributed by atoms with van der Waals surface area (Å²) in [5.41, 5.74) is 0.395. The molecule has 1 fully saturated rings. The van der Waals surface area contributed by atoms with Crippen molar-refractivity contribution in [1.29, 1.82) is 0 Å². The molecule has 23 heavy (non-hydrogen) atoms. The summed E-state index contributed by atoms with van der Waals surface area (Å²) in [5, 5.41) is 0. The zero-order valence-corrected chi connectivity index (χ0v) is 16.3. The van der Waals surface area contributed by atoms with Gasteiger partial charge in [-0.25, -0.2) is 0 Å². The lowest BCUT2D eigenvalue weighted by molar-refractivity contribution is -0.124. The molecule has 1 aliphatic carbocycles. The van der Waals surface area contributed by atoms with Crippen LogP contribution in [0.2, 0.25) is 0 Å². The average molecular weight is 323 g/mol. The quantitative estimate of drug-likeness (QED) is 0.321. The van der Waals surface area contributed by atoms with Crippen LogP contribution in [0.4, 0.5) is 0 Å². The van der Waals surface area contributed by atoms with Gasteiger partial charge >= 0.3 is 0 Å². The molecule has 1 atom stereocenters. The smallest absolute Gasteiger partial charge is 0.133 e. The van der Waals surface area contributed by atoms with Gasteiger partial charge in [-0.05, 0) is 24.2 Å². The number of rotatable bonds is 13. The van der Waals surface area contributed by atoms with Crippen LogP contribution in [-0.2, 0) is 4.79 Å². The van der Waals surface area contributed by atoms with Crippen LogP contribution in [0.1, 0.15) is 124 Å². The van der Waals surface area contributed by atoms with E-state index in [0.29, 0.717) is 17.1 Å². The predicted octanol–water partition coefficient (Wildman–Crippen LogP) is 7.47. The minimum absolute atomic E-state index is 0.395. The summed E-state index contributed by atoms with van der Waals surface area (Å²) in [5.74, 6) is 1.15. The molecule has 0 spiro atoms. The SMILES string of the molecule is CCCCCCCCCCCCCC[C@H]1CC(=O)CCC1(C)C. The predicted molar refractivity (Wildman–Crippen MR) is 102 cm³/mol. The lowest BCUT2D eigenvalue weighted by Gasteiger charge is -2.38. The maximum atomic E-state index is 11.7. The lowest BCUT2D eigenvalue weighted by Crippen LogP contribution is -2.31. The largest absolute Gasteiger partial charge is 0.300 e. The fourth-order valence-corrected chi connectivity index (χ4v) is 4.04. The summed E-state index contributed by atoms with van der Waals surface area (Å²) in [6.45, 7) is 7.02. The minimum atomic E-state index is 0.395. The Morgan fingerprint density at radius 2 is 1.30 bits per heavy atom. The van der Waals surface area contributed by atoms with E-state index >= 15 is 0 Å². The van der Waals surface area contributed by atoms with E-state index in [-0.39, 0.29) is 0 Å². The highest BCUT2D eigenvalue weighted by molar-refractivity contribution is 5.79. The van der Waals surface area contributed by atoms with Gasteiger partial charge in [0.2, 0.25) is 0 Å². The molecule has 0 radical (unpaired) electrons. The molecule has 0 amide bonds. The van der Waals surface area contributed by atoms with E-state index in [1.54, 1.807) is 0 Å². The van der Waals surface area contributed by atoms with Crippen LogP contribution < -0.4 is 0 Å². The molecule has 1 aliphatic rings. The van der Waals surface area contributed by atoms with E-state index in [9.17, 15) is 4.79 Å². The second-order valence-corrected chi connectivity index (χ2v) is 8.61. The number of unbranched alkanes of at least 4 members (excludes halogenated alkanes) is 11. The first-order chi connectivity index (χ1) is 11.1. The molecular formula is C22H42O. The van der Waals surface area contributed by atoms with Crippen LogP contribution >= 0.6 is 0 Å². The number of Topliss-reactive ketones (excluding diaryl/α,β-unsaturated/α-hetero) is 1. The molecule has 0 N–H and O–H groups in total. The summed E-state index contributed by atoms with van der Waals surface area (Å²) >= 11 is 0. The van der Waals surface area contributed by atoms with Crippen molar-refractivity contribution in [2.75, 3.05) is 0 Å². The van der Waals surface area contributed by atoms with Crippen molar-refractivity contribution in [3.8, 4) is 0 Å². The summed E-state index contributed by atoms with van der Waals surface area (Å²) in [7, 11) is 0. The van der Waals surface area contributed by atoms with Crippen molar-refractivity contribution < 1.29 is 4.79 Å². The van der Waals surface area contributed by atoms with Gasteiger partial charge < -0.3 is 0 Å². The zero-order chi connectivity index (χ0) is 17.0. The maximum Gasteiger partial charge on any atom is 0.133 e. The topological polar surface area (TPSA) is 17.1 Å². The summed E-state index contributed by atoms with van der Waals surface area (Å²) in [6.07, 6.45) is 21.0. The Morgan fingerprint density at radius 3 is 1.83 bits per heavy atom. The van der Waals surface area contributed by atoms with E-state index in [1.165, 1.54) is 83.5 Å². The molecule has 1 heteroatoms. The van der Waals surface area contributed by atoms with Crippen molar-refractivity contribution in [2.24, 2.45) is 11.3 Å². The fourth-order valence-electron chi connectivity index (χ4n) is 4.04. The molecule has 0 saturated heterocycles. The van der Waals surface area contributed by atoms with Gasteiger partial charge in [-0.15, -0.1) is 0 Å². The Kier molecular flexibility index (Phi) is 10.9. The molecule has 0 heterocycles. The van der Waals surface area contributed by atoms with Crippen molar-refractivity contribution in [3.05, 3.63) is 0 Å². The molecule has 136 valence electrons. The second-order valence-electron chi connectivity index (χ2n) is 8.61. The Hall–Kier alpha value is -0.330. The first-order valence-corrected chi connectivity index (χ1v) is 10.6. The van der Waals surface area contributed by atoms with Crippen LogP contribution in [0.3, 0.4) is 0 Å². The standard InChI is InChI=1S/C22H42O/c1-4-5-6-7-8-9-10-11-12-13-14-15-16-20-19-21(23)17-18-22(20,2)3/h20H,4-19H2,1-3H3/t20-/m0/s1. The van der Waals surface area contributed by atoms with E-state index < -0.39 is 0 Å². The second kappa shape index (κ2) is 12.1. The van der Waals surface area contributed by atoms with Crippen molar-refractivity contribution in [3.63, 3.8) is 0 Å². The highest BCUT2D eigenvalue weighted by Gasteiger charge is 2.34. The summed E-state index contributed by atoms with van der Waals surface area (Å²) in [4.78, 5) is 11.7. The molecule has 0 aromatic rings. The first kappa shape index (κ1) is 20.7. The van der Waals surface area contributed by atoms with Crippen molar-refractivity contribution in [1.82, 2.24) is 0 Å². The third-order valence-corrected chi connectivity index (χ3v) is 6.03. The summed E-state index contributed by atoms with van der Waals surface area (Å²) < 4.78 is 0. The van der Waals surface area contributed by atoms with Gasteiger partial charge in [-0.2, -0.15) is 0 Å². The normalized spacial score (nSPS) is 20.8. The third-order valence-electron chi connectivity index (χ3n) is 6.03. The number of carbonyl (C=O) groups is 1. The molecular weight excluding hydrogens is 280 g/mol. The van der Waals surface area contributed by atoms with Gasteiger partial charge in [-0.1, -0.05) is 97.8 Å². The molecule has 0 aromatic carbocycles. The highest BCUT2D eigenvalue weighted by Crippen LogP contribution is 2.41. The molecule has 1 rings (SSSR count). The minimum Gasteiger partial charge on any atom is -0.300 e. The van der Waals surface area contributed by atoms with Crippen LogP contribution in [0.15, 0.2) is 0 Å². The van der Waals surface area contributed by atoms with Gasteiger partial charge in [0.05, 0.1) is 0 Å². The van der Waals surface area contributed by atoms with Crippen LogP contribution in [0.25, 0.3) is 0 Å². The Labute approximate surface area is 146 Å². The Bertz CT molecular complexity index is 305. The molecule has 1 saturated carbocycles. The Morgan fingerprint density at radius 1 is 0.826 bits per heavy atom. The van der Waals surface area contributed by atoms with Gasteiger partial charge in [-0.3, -0.25) is 4.79 Å². The Balaban J connectivity index is 1.90. The summed E-state index contributed by atoms with van der Waals surface area (Å²) in [6, 6.07) is 0. The van der Waals surface area contributed by atoms with Crippen molar-refractivity contribution >= 4 is 5.78 Å². The third kappa shape index (κ3) is 9.52. The average Bonchev–Trinajstić information content (AvgIpc) is 2.52. The van der Waals surface area contributed by atoms with Gasteiger partial charge in [0.1, 0.15) is 5.78 Å². The fraction of sp³-hybridized carbons (Fsp3) is 0.955. The molecule has 0 unspecified atom stereocenters. The zero-order valence-electron chi connectivity index (χ0n) is 16.3. The number of carbonyl (C=O) groups excluding carboxylic acids is 1. The van der Waals surface area contributed by atoms with Gasteiger partial charge in [0, 0.05) is 12.8 Å². The molecule has 1 nitrogen and oxygen atoms in total. The van der Waals surface area contributed by atoms with Crippen molar-refractivity contribution in [2.45, 2.75) is 124 Å². The van der Waals surface area contributed by atoms with Crippen LogP contribution in [0.5, 0.6) is 0 Å². The van der Waals surface area contributed by atoms with Crippen LogP contribution in [0, 0.1) is 11.3 Å². The van der Waals surface area contributed by atoms with E-state index in [4.69, 9.17) is 0 Å².